The number of aromatic nitrogens is 4. The van der Waals surface area contributed by atoms with Crippen molar-refractivity contribution in [2.24, 2.45) is 0 Å². The van der Waals surface area contributed by atoms with Crippen molar-refractivity contribution in [1.29, 1.82) is 0 Å². The van der Waals surface area contributed by atoms with E-state index in [9.17, 15) is 0 Å². The highest BCUT2D eigenvalue weighted by atomic mass is 16.5. The summed E-state index contributed by atoms with van der Waals surface area (Å²) in [5.41, 5.74) is 7.70. The maximum Gasteiger partial charge on any atom is 0.213 e. The largest absolute Gasteiger partial charge is 0.497 e. The van der Waals surface area contributed by atoms with E-state index in [2.05, 4.69) is 15.1 Å². The average Bonchev–Trinajstić information content (AvgIpc) is 3.02. The number of anilines is 1. The van der Waals surface area contributed by atoms with Gasteiger partial charge in [-0.05, 0) is 12.1 Å². The Kier molecular flexibility index (Phi) is 2.79. The quantitative estimate of drug-likeness (QED) is 0.758. The molecule has 3 aromatic rings. The number of fused-ring (bicyclic) bond motifs is 1. The molecule has 0 aliphatic rings. The molecule has 0 unspecified atom stereocenters. The molecule has 0 bridgehead atoms. The number of nitrogen functional groups attached to an aromatic ring is 1. The van der Waals surface area contributed by atoms with Crippen LogP contribution in [0.1, 0.15) is 5.82 Å². The third-order valence-electron chi connectivity index (χ3n) is 2.95. The maximum atomic E-state index is 5.93. The molecule has 0 aliphatic carbocycles. The van der Waals surface area contributed by atoms with E-state index in [1.54, 1.807) is 7.11 Å². The first kappa shape index (κ1) is 11.5. The van der Waals surface area contributed by atoms with Gasteiger partial charge in [-0.25, -0.2) is 4.98 Å². The summed E-state index contributed by atoms with van der Waals surface area (Å²) in [5, 5.41) is 3.77. The molecular formula is C12H13N5O2. The lowest BCUT2D eigenvalue weighted by molar-refractivity contribution is 0.408. The molecule has 0 aliphatic heterocycles. The highest BCUT2D eigenvalue weighted by Gasteiger charge is 2.10. The summed E-state index contributed by atoms with van der Waals surface area (Å²) in [7, 11) is 1.62. The van der Waals surface area contributed by atoms with Gasteiger partial charge in [0.25, 0.3) is 0 Å². The van der Waals surface area contributed by atoms with Crippen LogP contribution in [0.2, 0.25) is 0 Å². The molecule has 0 saturated heterocycles. The van der Waals surface area contributed by atoms with Gasteiger partial charge in [0.2, 0.25) is 12.3 Å². The molecule has 3 rings (SSSR count). The Morgan fingerprint density at radius 2 is 2.32 bits per heavy atom. The minimum Gasteiger partial charge on any atom is -0.497 e. The number of nitrogens with zero attached hydrogens (tertiary/aromatic N) is 4. The van der Waals surface area contributed by atoms with E-state index >= 15 is 0 Å². The van der Waals surface area contributed by atoms with Crippen LogP contribution in [0.5, 0.6) is 5.75 Å². The van der Waals surface area contributed by atoms with Crippen LogP contribution in [-0.2, 0) is 13.0 Å². The fourth-order valence-electron chi connectivity index (χ4n) is 2.00. The first-order valence-electron chi connectivity index (χ1n) is 5.83. The van der Waals surface area contributed by atoms with Crippen molar-refractivity contribution < 1.29 is 9.26 Å². The number of nitrogens with two attached hydrogens (primary N) is 1. The van der Waals surface area contributed by atoms with Gasteiger partial charge >= 0.3 is 0 Å². The Bertz CT molecular complexity index is 690. The van der Waals surface area contributed by atoms with Crippen molar-refractivity contribution in [3.8, 4) is 5.75 Å². The minimum absolute atomic E-state index is 0.465. The Morgan fingerprint density at radius 1 is 1.42 bits per heavy atom. The van der Waals surface area contributed by atoms with Gasteiger partial charge in [0.15, 0.2) is 5.82 Å². The van der Waals surface area contributed by atoms with Crippen molar-refractivity contribution in [3.63, 3.8) is 0 Å². The Labute approximate surface area is 109 Å². The molecule has 2 N–H and O–H groups in total. The fraction of sp³-hybridized carbons (Fsp3) is 0.250. The van der Waals surface area contributed by atoms with Crippen molar-refractivity contribution in [1.82, 2.24) is 19.7 Å². The molecular weight excluding hydrogens is 246 g/mol. The summed E-state index contributed by atoms with van der Waals surface area (Å²) < 4.78 is 11.8. The molecule has 2 heterocycles. The van der Waals surface area contributed by atoms with E-state index in [0.29, 0.717) is 24.7 Å². The summed E-state index contributed by atoms with van der Waals surface area (Å²) in [6.07, 6.45) is 1.95. The van der Waals surface area contributed by atoms with Gasteiger partial charge in [0.1, 0.15) is 5.75 Å². The van der Waals surface area contributed by atoms with Gasteiger partial charge in [-0.1, -0.05) is 5.16 Å². The van der Waals surface area contributed by atoms with E-state index in [-0.39, 0.29) is 0 Å². The second-order valence-corrected chi connectivity index (χ2v) is 4.07. The van der Waals surface area contributed by atoms with Crippen LogP contribution >= 0.6 is 0 Å². The van der Waals surface area contributed by atoms with Crippen molar-refractivity contribution >= 4 is 17.0 Å². The van der Waals surface area contributed by atoms with Crippen LogP contribution in [0.15, 0.2) is 29.1 Å². The number of rotatable bonds is 4. The number of aryl methyl sites for hydroxylation is 2. The SMILES string of the molecule is COc1ccc2c(c1)nc(N)n2CCc1ncon1. The minimum atomic E-state index is 0.465. The van der Waals surface area contributed by atoms with Crippen LogP contribution in [0.3, 0.4) is 0 Å². The number of ether oxygens (including phenoxy) is 1. The Morgan fingerprint density at radius 3 is 3.05 bits per heavy atom. The summed E-state index contributed by atoms with van der Waals surface area (Å²) in [6.45, 7) is 0.647. The van der Waals surface area contributed by atoms with E-state index in [1.807, 2.05) is 22.8 Å². The van der Waals surface area contributed by atoms with Gasteiger partial charge < -0.3 is 19.6 Å². The van der Waals surface area contributed by atoms with Crippen LogP contribution in [0.25, 0.3) is 11.0 Å². The highest BCUT2D eigenvalue weighted by molar-refractivity contribution is 5.79. The number of hydrogen-bond acceptors (Lipinski definition) is 6. The highest BCUT2D eigenvalue weighted by Crippen LogP contribution is 2.22. The standard InChI is InChI=1S/C12H13N5O2/c1-18-8-2-3-10-9(6-8)15-12(13)17(10)5-4-11-14-7-19-16-11/h2-3,6-7H,4-5H2,1H3,(H2,13,15). The van der Waals surface area contributed by atoms with Crippen LogP contribution < -0.4 is 10.5 Å². The topological polar surface area (TPSA) is 92.0 Å². The normalized spacial score (nSPS) is 11.0. The van der Waals surface area contributed by atoms with Gasteiger partial charge in [-0.2, -0.15) is 4.98 Å². The van der Waals surface area contributed by atoms with Crippen molar-refractivity contribution in [2.45, 2.75) is 13.0 Å². The molecule has 0 saturated carbocycles. The zero-order valence-corrected chi connectivity index (χ0v) is 10.4. The molecule has 7 nitrogen and oxygen atoms in total. The van der Waals surface area contributed by atoms with Crippen LogP contribution in [-0.4, -0.2) is 26.8 Å². The monoisotopic (exact) mass is 259 g/mol. The van der Waals surface area contributed by atoms with Crippen molar-refractivity contribution in [2.75, 3.05) is 12.8 Å². The molecule has 2 aromatic heterocycles. The molecule has 0 radical (unpaired) electrons. The maximum absolute atomic E-state index is 5.93. The van der Waals surface area contributed by atoms with Gasteiger partial charge in [-0.15, -0.1) is 0 Å². The predicted molar refractivity (Wildman–Crippen MR) is 68.7 cm³/mol. The summed E-state index contributed by atoms with van der Waals surface area (Å²) in [4.78, 5) is 8.30. The third kappa shape index (κ3) is 2.10. The molecule has 7 heteroatoms. The van der Waals surface area contributed by atoms with E-state index in [0.717, 1.165) is 16.8 Å². The zero-order chi connectivity index (χ0) is 13.2. The van der Waals surface area contributed by atoms with Gasteiger partial charge in [0.05, 0.1) is 18.1 Å². The van der Waals surface area contributed by atoms with Gasteiger partial charge in [-0.3, -0.25) is 0 Å². The van der Waals surface area contributed by atoms with E-state index < -0.39 is 0 Å². The molecule has 0 amide bonds. The third-order valence-corrected chi connectivity index (χ3v) is 2.95. The molecule has 0 atom stereocenters. The predicted octanol–water partition coefficient (Wildman–Crippen LogP) is 1.25. The second kappa shape index (κ2) is 4.60. The summed E-state index contributed by atoms with van der Waals surface area (Å²) in [6, 6.07) is 5.68. The van der Waals surface area contributed by atoms with Crippen molar-refractivity contribution in [3.05, 3.63) is 30.4 Å². The molecule has 1 aromatic carbocycles. The number of hydrogen-bond donors (Lipinski definition) is 1. The lowest BCUT2D eigenvalue weighted by Gasteiger charge is -2.04. The smallest absolute Gasteiger partial charge is 0.213 e. The van der Waals surface area contributed by atoms with Crippen LogP contribution in [0.4, 0.5) is 5.95 Å². The molecule has 98 valence electrons. The first-order chi connectivity index (χ1) is 9.28. The average molecular weight is 259 g/mol. The van der Waals surface area contributed by atoms with Crippen LogP contribution in [0, 0.1) is 0 Å². The van der Waals surface area contributed by atoms with Gasteiger partial charge in [0, 0.05) is 19.0 Å². The first-order valence-corrected chi connectivity index (χ1v) is 5.83. The zero-order valence-electron chi connectivity index (χ0n) is 10.4. The fourth-order valence-corrected chi connectivity index (χ4v) is 2.00. The number of benzene rings is 1. The number of imidazole rings is 1. The Balaban J connectivity index is 1.92. The summed E-state index contributed by atoms with van der Waals surface area (Å²) in [5.74, 6) is 1.87. The summed E-state index contributed by atoms with van der Waals surface area (Å²) >= 11 is 0. The van der Waals surface area contributed by atoms with E-state index in [4.69, 9.17) is 15.0 Å². The number of methoxy groups -OCH3 is 1. The lowest BCUT2D eigenvalue weighted by Crippen LogP contribution is -2.06. The van der Waals surface area contributed by atoms with E-state index in [1.165, 1.54) is 6.39 Å². The molecule has 0 fully saturated rings. The Hall–Kier alpha value is -2.57. The second-order valence-electron chi connectivity index (χ2n) is 4.07. The molecule has 0 spiro atoms. The lowest BCUT2D eigenvalue weighted by atomic mass is 10.3. The molecule has 19 heavy (non-hydrogen) atoms.